The molecular weight excluding hydrogens is 376 g/mol. The van der Waals surface area contributed by atoms with Gasteiger partial charge in [0.25, 0.3) is 5.56 Å². The summed E-state index contributed by atoms with van der Waals surface area (Å²) in [5.41, 5.74) is 2.93. The van der Waals surface area contributed by atoms with Crippen LogP contribution >= 0.6 is 0 Å². The van der Waals surface area contributed by atoms with Crippen molar-refractivity contribution < 1.29 is 4.90 Å². The van der Waals surface area contributed by atoms with Gasteiger partial charge >= 0.3 is 0 Å². The fraction of sp³-hybridized carbons (Fsp3) is 0.565. The number of benzene rings is 1. The molecule has 2 N–H and O–H groups in total. The molecule has 2 saturated carbocycles. The molecule has 1 unspecified atom stereocenters. The van der Waals surface area contributed by atoms with Gasteiger partial charge in [-0.2, -0.15) is 0 Å². The van der Waals surface area contributed by atoms with E-state index in [1.54, 1.807) is 0 Å². The minimum absolute atomic E-state index is 0.0303. The molecule has 0 spiro atoms. The highest BCUT2D eigenvalue weighted by molar-refractivity contribution is 5.81. The molecule has 2 aliphatic carbocycles. The van der Waals surface area contributed by atoms with Crippen molar-refractivity contribution in [1.82, 2.24) is 25.2 Å². The van der Waals surface area contributed by atoms with E-state index in [0.29, 0.717) is 18.6 Å². The molecule has 2 heterocycles. The van der Waals surface area contributed by atoms with Crippen LogP contribution in [0.4, 0.5) is 0 Å². The molecule has 158 valence electrons. The van der Waals surface area contributed by atoms with E-state index >= 15 is 0 Å². The Balaban J connectivity index is 1.44. The smallest absolute Gasteiger partial charge is 0.257 e. The van der Waals surface area contributed by atoms with Crippen LogP contribution in [0.1, 0.15) is 74.4 Å². The maximum Gasteiger partial charge on any atom is 0.257 e. The second-order valence-corrected chi connectivity index (χ2v) is 9.13. The molecule has 3 aromatic rings. The Morgan fingerprint density at radius 3 is 2.67 bits per heavy atom. The molecule has 0 saturated heterocycles. The number of para-hydroxylation sites is 1. The van der Waals surface area contributed by atoms with Crippen LogP contribution < -0.4 is 10.5 Å². The Morgan fingerprint density at radius 2 is 1.87 bits per heavy atom. The van der Waals surface area contributed by atoms with Gasteiger partial charge in [-0.25, -0.2) is 4.68 Å². The zero-order valence-electron chi connectivity index (χ0n) is 17.7. The number of hydrogen-bond donors (Lipinski definition) is 2. The lowest BCUT2D eigenvalue weighted by Gasteiger charge is -2.25. The SMILES string of the molecule is Cc1cccc2cc(C[NH+](Cc3nnnn3C3CCCC3)C3CCCC3)c(=O)[nH]c12. The minimum atomic E-state index is 0.0303. The van der Waals surface area contributed by atoms with Crippen LogP contribution in [0.3, 0.4) is 0 Å². The summed E-state index contributed by atoms with van der Waals surface area (Å²) in [4.78, 5) is 17.4. The summed E-state index contributed by atoms with van der Waals surface area (Å²) in [6.07, 6.45) is 9.82. The van der Waals surface area contributed by atoms with E-state index in [2.05, 4.69) is 43.4 Å². The average molecular weight is 408 g/mol. The number of hydrogen-bond acceptors (Lipinski definition) is 4. The first-order valence-electron chi connectivity index (χ1n) is 11.4. The Bertz CT molecular complexity index is 1070. The molecule has 0 bridgehead atoms. The van der Waals surface area contributed by atoms with Crippen LogP contribution in [-0.4, -0.2) is 31.2 Å². The predicted octanol–water partition coefficient (Wildman–Crippen LogP) is 2.47. The fourth-order valence-electron chi connectivity index (χ4n) is 5.45. The number of aromatic nitrogens is 5. The maximum absolute atomic E-state index is 12.9. The van der Waals surface area contributed by atoms with Crippen LogP contribution in [0, 0.1) is 6.92 Å². The first-order valence-corrected chi connectivity index (χ1v) is 11.4. The zero-order valence-corrected chi connectivity index (χ0v) is 17.7. The van der Waals surface area contributed by atoms with Gasteiger partial charge in [0.2, 0.25) is 5.82 Å². The number of tetrazole rings is 1. The molecular formula is C23H31N6O+. The largest absolute Gasteiger partial charge is 0.322 e. The van der Waals surface area contributed by atoms with Crippen molar-refractivity contribution >= 4 is 10.9 Å². The van der Waals surface area contributed by atoms with E-state index in [-0.39, 0.29) is 5.56 Å². The van der Waals surface area contributed by atoms with E-state index in [9.17, 15) is 4.79 Å². The number of aromatic amines is 1. The van der Waals surface area contributed by atoms with Crippen LogP contribution in [-0.2, 0) is 13.1 Å². The van der Waals surface area contributed by atoms with Crippen molar-refractivity contribution in [1.29, 1.82) is 0 Å². The maximum atomic E-state index is 12.9. The molecule has 7 heteroatoms. The number of H-pyrrole nitrogens is 1. The third-order valence-corrected chi connectivity index (χ3v) is 7.13. The summed E-state index contributed by atoms with van der Waals surface area (Å²) in [5.74, 6) is 0.969. The summed E-state index contributed by atoms with van der Waals surface area (Å²) >= 11 is 0. The van der Waals surface area contributed by atoms with Gasteiger partial charge in [0.05, 0.1) is 23.2 Å². The van der Waals surface area contributed by atoms with Gasteiger partial charge in [-0.1, -0.05) is 31.0 Å². The highest BCUT2D eigenvalue weighted by Gasteiger charge is 2.30. The van der Waals surface area contributed by atoms with Crippen molar-refractivity contribution in [2.75, 3.05) is 0 Å². The molecule has 30 heavy (non-hydrogen) atoms. The number of rotatable bonds is 6. The second-order valence-electron chi connectivity index (χ2n) is 9.13. The highest BCUT2D eigenvalue weighted by Crippen LogP contribution is 2.29. The number of quaternary nitrogens is 1. The molecule has 1 atom stereocenters. The van der Waals surface area contributed by atoms with Gasteiger partial charge in [-0.3, -0.25) is 4.79 Å². The molecule has 0 radical (unpaired) electrons. The molecule has 2 aliphatic rings. The lowest BCUT2D eigenvalue weighted by atomic mass is 10.1. The standard InChI is InChI=1S/C23H30N6O/c1-16-7-6-8-17-13-18(23(30)24-22(16)17)14-28(19-9-2-3-10-19)15-21-25-26-27-29(21)20-11-4-5-12-20/h6-8,13,19-20H,2-5,9-12,14-15H2,1H3,(H,24,30)/p+1. The second kappa shape index (κ2) is 8.30. The van der Waals surface area contributed by atoms with Gasteiger partial charge in [0.1, 0.15) is 13.1 Å². The molecule has 0 aliphatic heterocycles. The minimum Gasteiger partial charge on any atom is -0.322 e. The lowest BCUT2D eigenvalue weighted by molar-refractivity contribution is -0.952. The van der Waals surface area contributed by atoms with E-state index in [1.165, 1.54) is 56.3 Å². The van der Waals surface area contributed by atoms with E-state index in [0.717, 1.165) is 34.4 Å². The van der Waals surface area contributed by atoms with Gasteiger partial charge in [-0.15, -0.1) is 5.10 Å². The van der Waals surface area contributed by atoms with Gasteiger partial charge in [-0.05, 0) is 72.9 Å². The summed E-state index contributed by atoms with van der Waals surface area (Å²) in [5, 5.41) is 13.8. The first-order chi connectivity index (χ1) is 14.7. The van der Waals surface area contributed by atoms with Gasteiger partial charge < -0.3 is 9.88 Å². The molecule has 2 aromatic heterocycles. The molecule has 7 nitrogen and oxygen atoms in total. The summed E-state index contributed by atoms with van der Waals surface area (Å²) in [6.45, 7) is 3.53. The Hall–Kier alpha value is -2.54. The molecule has 1 aromatic carbocycles. The number of fused-ring (bicyclic) bond motifs is 1. The normalized spacial score (nSPS) is 19.1. The molecule has 0 amide bonds. The van der Waals surface area contributed by atoms with Crippen molar-refractivity contribution in [3.05, 3.63) is 51.6 Å². The average Bonchev–Trinajstić information content (AvgIpc) is 3.51. The Labute approximate surface area is 176 Å². The van der Waals surface area contributed by atoms with Gasteiger partial charge in [0.15, 0.2) is 0 Å². The van der Waals surface area contributed by atoms with Crippen LogP contribution in [0.2, 0.25) is 0 Å². The highest BCUT2D eigenvalue weighted by atomic mass is 16.1. The van der Waals surface area contributed by atoms with Crippen LogP contribution in [0.5, 0.6) is 0 Å². The van der Waals surface area contributed by atoms with Crippen LogP contribution in [0.15, 0.2) is 29.1 Å². The van der Waals surface area contributed by atoms with Crippen molar-refractivity contribution in [3.8, 4) is 0 Å². The van der Waals surface area contributed by atoms with E-state index in [4.69, 9.17) is 0 Å². The lowest BCUT2D eigenvalue weighted by Crippen LogP contribution is -3.13. The first kappa shape index (κ1) is 19.4. The van der Waals surface area contributed by atoms with Crippen molar-refractivity contribution in [2.24, 2.45) is 0 Å². The number of nitrogens with zero attached hydrogens (tertiary/aromatic N) is 4. The third kappa shape index (κ3) is 3.78. The van der Waals surface area contributed by atoms with E-state index in [1.807, 2.05) is 13.0 Å². The quantitative estimate of drug-likeness (QED) is 0.658. The fourth-order valence-corrected chi connectivity index (χ4v) is 5.45. The third-order valence-electron chi connectivity index (χ3n) is 7.13. The number of nitrogens with one attached hydrogen (secondary N) is 2. The molecule has 5 rings (SSSR count). The van der Waals surface area contributed by atoms with Crippen molar-refractivity contribution in [3.63, 3.8) is 0 Å². The van der Waals surface area contributed by atoms with Crippen molar-refractivity contribution in [2.45, 2.75) is 83.5 Å². The number of pyridine rings is 1. The monoisotopic (exact) mass is 407 g/mol. The summed E-state index contributed by atoms with van der Waals surface area (Å²) < 4.78 is 2.07. The zero-order chi connectivity index (χ0) is 20.5. The van der Waals surface area contributed by atoms with Crippen LogP contribution in [0.25, 0.3) is 10.9 Å². The predicted molar refractivity (Wildman–Crippen MR) is 115 cm³/mol. The van der Waals surface area contributed by atoms with Gasteiger partial charge in [0, 0.05) is 0 Å². The number of aryl methyl sites for hydroxylation is 1. The molecule has 2 fully saturated rings. The Kier molecular flexibility index (Phi) is 5.37. The summed E-state index contributed by atoms with van der Waals surface area (Å²) in [6, 6.07) is 9.25. The summed E-state index contributed by atoms with van der Waals surface area (Å²) in [7, 11) is 0. The Morgan fingerprint density at radius 1 is 1.10 bits per heavy atom. The topological polar surface area (TPSA) is 80.9 Å². The van der Waals surface area contributed by atoms with E-state index < -0.39 is 0 Å².